The van der Waals surface area contributed by atoms with E-state index in [1.807, 2.05) is 0 Å². The highest BCUT2D eigenvalue weighted by Gasteiger charge is 2.29. The second kappa shape index (κ2) is 13.0. The third kappa shape index (κ3) is 7.33. The molecular weight excluding hydrogens is 393 g/mol. The van der Waals surface area contributed by atoms with Gasteiger partial charge < -0.3 is 0 Å². The Bertz CT molecular complexity index is 768. The van der Waals surface area contributed by atoms with Crippen molar-refractivity contribution in [1.29, 1.82) is 5.26 Å². The number of hydrogen-bond acceptors (Lipinski definition) is 1. The number of allylic oxidation sites excluding steroid dienone is 3. The Morgan fingerprint density at radius 3 is 2.22 bits per heavy atom. The Morgan fingerprint density at radius 2 is 1.62 bits per heavy atom. The van der Waals surface area contributed by atoms with E-state index in [0.717, 1.165) is 12.3 Å². The first-order chi connectivity index (χ1) is 15.6. The van der Waals surface area contributed by atoms with Crippen LogP contribution in [-0.2, 0) is 6.42 Å². The smallest absolute Gasteiger partial charge is 0.195 e. The predicted octanol–water partition coefficient (Wildman–Crippen LogP) is 9.21. The molecule has 0 unspecified atom stereocenters. The molecule has 1 aromatic rings. The summed E-state index contributed by atoms with van der Waals surface area (Å²) < 4.78 is 13.0. The lowest BCUT2D eigenvalue weighted by Crippen LogP contribution is -2.22. The Hall–Kier alpha value is -1.88. The van der Waals surface area contributed by atoms with E-state index in [2.05, 4.69) is 37.8 Å². The molecule has 32 heavy (non-hydrogen) atoms. The molecule has 0 aromatic heterocycles. The van der Waals surface area contributed by atoms with Gasteiger partial charge in [0, 0.05) is 0 Å². The summed E-state index contributed by atoms with van der Waals surface area (Å²) >= 11 is 0. The summed E-state index contributed by atoms with van der Waals surface area (Å²) in [5.74, 6) is 2.16. The van der Waals surface area contributed by atoms with Crippen LogP contribution in [0.5, 0.6) is 0 Å². The molecule has 0 spiro atoms. The summed E-state index contributed by atoms with van der Waals surface area (Å²) in [5, 5.41) is 8.52. The van der Waals surface area contributed by atoms with Gasteiger partial charge >= 0.3 is 0 Å². The predicted molar refractivity (Wildman–Crippen MR) is 133 cm³/mol. The summed E-state index contributed by atoms with van der Waals surface area (Å²) in [6, 6.07) is 11.1. The van der Waals surface area contributed by atoms with Crippen LogP contribution >= 0.6 is 0 Å². The fourth-order valence-electron chi connectivity index (χ4n) is 5.98. The highest BCUT2D eigenvalue weighted by Crippen LogP contribution is 2.44. The molecule has 0 amide bonds. The SMILES string of the molecule is C=C([C@H]1CC[C@H](CC/C=C(\F)C#N)CC1)[C@H]1CC[C@H](c2ccc(CCCCC)cc2)CC1. The van der Waals surface area contributed by atoms with Gasteiger partial charge in [-0.2, -0.15) is 9.65 Å². The zero-order chi connectivity index (χ0) is 22.8. The molecule has 2 aliphatic carbocycles. The number of benzene rings is 1. The Kier molecular flexibility index (Phi) is 10.0. The summed E-state index contributed by atoms with van der Waals surface area (Å²) in [6.45, 7) is 6.84. The molecule has 0 N–H and O–H groups in total. The van der Waals surface area contributed by atoms with Crippen LogP contribution < -0.4 is 0 Å². The molecule has 0 atom stereocenters. The standard InChI is InChI=1S/C30H42FN/c1-3-4-5-7-24-12-16-28(17-13-24)29-20-18-27(19-21-29)23(2)26-14-10-25(11-15-26)8-6-9-30(31)22-32/h9,12-13,16-17,25-27,29H,2-8,10-11,14-15,18-21H2,1H3/b30-9-/t25-,26-,27-,29-. The van der Waals surface area contributed by atoms with Gasteiger partial charge in [-0.1, -0.05) is 56.2 Å². The quantitative estimate of drug-likeness (QED) is 0.204. The lowest BCUT2D eigenvalue weighted by Gasteiger charge is -2.36. The minimum Gasteiger partial charge on any atom is -0.195 e. The van der Waals surface area contributed by atoms with Gasteiger partial charge in [0.1, 0.15) is 6.07 Å². The molecule has 1 nitrogen and oxygen atoms in total. The topological polar surface area (TPSA) is 23.8 Å². The number of hydrogen-bond donors (Lipinski definition) is 0. The van der Waals surface area contributed by atoms with E-state index in [0.29, 0.717) is 24.2 Å². The van der Waals surface area contributed by atoms with E-state index < -0.39 is 5.83 Å². The van der Waals surface area contributed by atoms with Crippen LogP contribution in [0.4, 0.5) is 4.39 Å². The van der Waals surface area contributed by atoms with Crippen molar-refractivity contribution < 1.29 is 4.39 Å². The summed E-state index contributed by atoms with van der Waals surface area (Å²) in [4.78, 5) is 0. The molecular formula is C30H42FN. The van der Waals surface area contributed by atoms with Crippen molar-refractivity contribution in [2.24, 2.45) is 17.8 Å². The van der Waals surface area contributed by atoms with E-state index in [1.54, 1.807) is 6.07 Å². The first-order valence-electron chi connectivity index (χ1n) is 13.1. The summed E-state index contributed by atoms with van der Waals surface area (Å²) in [7, 11) is 0. The van der Waals surface area contributed by atoms with Crippen LogP contribution in [0.15, 0.2) is 48.3 Å². The maximum absolute atomic E-state index is 13.0. The monoisotopic (exact) mass is 435 g/mol. The summed E-state index contributed by atoms with van der Waals surface area (Å²) in [5.41, 5.74) is 4.55. The first kappa shape index (κ1) is 24.8. The van der Waals surface area contributed by atoms with Gasteiger partial charge in [-0.25, -0.2) is 0 Å². The lowest BCUT2D eigenvalue weighted by atomic mass is 9.69. The number of halogens is 1. The van der Waals surface area contributed by atoms with Gasteiger partial charge in [0.25, 0.3) is 0 Å². The van der Waals surface area contributed by atoms with Crippen molar-refractivity contribution in [2.75, 3.05) is 0 Å². The lowest BCUT2D eigenvalue weighted by molar-refractivity contribution is 0.260. The highest BCUT2D eigenvalue weighted by atomic mass is 19.1. The molecule has 2 aliphatic rings. The number of rotatable bonds is 10. The number of unbranched alkanes of at least 4 members (excludes halogenated alkanes) is 2. The van der Waals surface area contributed by atoms with Crippen LogP contribution in [0, 0.1) is 29.1 Å². The van der Waals surface area contributed by atoms with Gasteiger partial charge in [-0.05, 0) is 118 Å². The summed E-state index contributed by atoms with van der Waals surface area (Å²) in [6.07, 6.45) is 18.4. The van der Waals surface area contributed by atoms with Crippen molar-refractivity contribution in [3.63, 3.8) is 0 Å². The van der Waals surface area contributed by atoms with E-state index >= 15 is 0 Å². The van der Waals surface area contributed by atoms with E-state index in [-0.39, 0.29) is 0 Å². The van der Waals surface area contributed by atoms with Crippen LogP contribution in [0.25, 0.3) is 0 Å². The molecule has 2 heteroatoms. The van der Waals surface area contributed by atoms with Gasteiger partial charge in [-0.15, -0.1) is 0 Å². The van der Waals surface area contributed by atoms with Crippen LogP contribution in [0.1, 0.15) is 107 Å². The molecule has 2 saturated carbocycles. The molecule has 0 heterocycles. The molecule has 0 saturated heterocycles. The fraction of sp³-hybridized carbons (Fsp3) is 0.633. The molecule has 1 aromatic carbocycles. The van der Waals surface area contributed by atoms with Gasteiger partial charge in [-0.3, -0.25) is 0 Å². The second-order valence-corrected chi connectivity index (χ2v) is 10.3. The molecule has 0 radical (unpaired) electrons. The number of nitrogens with zero attached hydrogens (tertiary/aromatic N) is 1. The Morgan fingerprint density at radius 1 is 1.00 bits per heavy atom. The van der Waals surface area contributed by atoms with E-state index in [9.17, 15) is 4.39 Å². The van der Waals surface area contributed by atoms with E-state index in [4.69, 9.17) is 5.26 Å². The van der Waals surface area contributed by atoms with Gasteiger partial charge in [0.05, 0.1) is 0 Å². The van der Waals surface area contributed by atoms with Crippen molar-refractivity contribution in [3.05, 3.63) is 59.4 Å². The van der Waals surface area contributed by atoms with Crippen molar-refractivity contribution >= 4 is 0 Å². The van der Waals surface area contributed by atoms with Crippen LogP contribution in [-0.4, -0.2) is 0 Å². The molecule has 174 valence electrons. The average Bonchev–Trinajstić information content (AvgIpc) is 2.84. The third-order valence-corrected chi connectivity index (χ3v) is 8.15. The third-order valence-electron chi connectivity index (χ3n) is 8.15. The Labute approximate surface area is 195 Å². The highest BCUT2D eigenvalue weighted by molar-refractivity contribution is 5.26. The zero-order valence-corrected chi connectivity index (χ0v) is 20.1. The molecule has 3 rings (SSSR count). The number of nitriles is 1. The average molecular weight is 436 g/mol. The molecule has 0 aliphatic heterocycles. The second-order valence-electron chi connectivity index (χ2n) is 10.3. The van der Waals surface area contributed by atoms with Crippen LogP contribution in [0.2, 0.25) is 0 Å². The molecule has 0 bridgehead atoms. The van der Waals surface area contributed by atoms with Crippen molar-refractivity contribution in [1.82, 2.24) is 0 Å². The Balaban J connectivity index is 1.39. The van der Waals surface area contributed by atoms with Gasteiger partial charge in [0.15, 0.2) is 5.83 Å². The fourth-order valence-corrected chi connectivity index (χ4v) is 5.98. The van der Waals surface area contributed by atoms with Crippen molar-refractivity contribution in [2.45, 2.75) is 103 Å². The van der Waals surface area contributed by atoms with Crippen molar-refractivity contribution in [3.8, 4) is 6.07 Å². The molecule has 2 fully saturated rings. The maximum Gasteiger partial charge on any atom is 0.196 e. The normalized spacial score (nSPS) is 26.5. The number of aryl methyl sites for hydroxylation is 1. The van der Waals surface area contributed by atoms with Gasteiger partial charge in [0.2, 0.25) is 0 Å². The minimum absolute atomic E-state index is 0.634. The largest absolute Gasteiger partial charge is 0.196 e. The van der Waals surface area contributed by atoms with E-state index in [1.165, 1.54) is 99.8 Å². The zero-order valence-electron chi connectivity index (χ0n) is 20.1. The first-order valence-corrected chi connectivity index (χ1v) is 13.1. The minimum atomic E-state index is -0.634. The maximum atomic E-state index is 13.0. The van der Waals surface area contributed by atoms with Crippen LogP contribution in [0.3, 0.4) is 0 Å².